The Balaban J connectivity index is 0.00000364. The molecule has 0 aliphatic carbocycles. The molecule has 160 valence electrons. The van der Waals surface area contributed by atoms with Gasteiger partial charge in [0, 0.05) is 39.2 Å². The molecular formula is C20H41IN4O2. The molecule has 0 radical (unpaired) electrons. The summed E-state index contributed by atoms with van der Waals surface area (Å²) >= 11 is 0. The molecule has 2 fully saturated rings. The van der Waals surface area contributed by atoms with Crippen molar-refractivity contribution in [2.75, 3.05) is 72.7 Å². The van der Waals surface area contributed by atoms with Gasteiger partial charge < -0.3 is 24.6 Å². The number of hydrogen-bond acceptors (Lipinski definition) is 4. The van der Waals surface area contributed by atoms with Crippen LogP contribution in [0, 0.1) is 11.8 Å². The molecule has 0 aromatic rings. The largest absolute Gasteiger partial charge is 0.382 e. The number of ether oxygens (including phenoxy) is 2. The summed E-state index contributed by atoms with van der Waals surface area (Å²) in [7, 11) is 1.71. The molecular weight excluding hydrogens is 455 g/mol. The molecule has 2 aliphatic heterocycles. The predicted molar refractivity (Wildman–Crippen MR) is 123 cm³/mol. The second kappa shape index (κ2) is 14.8. The van der Waals surface area contributed by atoms with Crippen LogP contribution >= 0.6 is 24.0 Å². The van der Waals surface area contributed by atoms with E-state index in [0.29, 0.717) is 19.1 Å². The number of aliphatic imine (C=N–C) groups is 1. The van der Waals surface area contributed by atoms with E-state index in [-0.39, 0.29) is 24.0 Å². The first kappa shape index (κ1) is 24.9. The van der Waals surface area contributed by atoms with Crippen molar-refractivity contribution in [2.24, 2.45) is 16.8 Å². The van der Waals surface area contributed by atoms with E-state index >= 15 is 0 Å². The van der Waals surface area contributed by atoms with Gasteiger partial charge in [0.25, 0.3) is 0 Å². The van der Waals surface area contributed by atoms with Crippen molar-refractivity contribution in [2.45, 2.75) is 39.5 Å². The van der Waals surface area contributed by atoms with Crippen molar-refractivity contribution >= 4 is 29.9 Å². The quantitative estimate of drug-likeness (QED) is 0.218. The minimum Gasteiger partial charge on any atom is -0.382 e. The number of rotatable bonds is 10. The maximum absolute atomic E-state index is 5.70. The minimum atomic E-state index is 0. The average Bonchev–Trinajstić information content (AvgIpc) is 3.12. The number of likely N-dealkylation sites (tertiary alicyclic amines) is 2. The lowest BCUT2D eigenvalue weighted by molar-refractivity contribution is 0.0536. The van der Waals surface area contributed by atoms with Crippen molar-refractivity contribution in [3.8, 4) is 0 Å². The first-order valence-corrected chi connectivity index (χ1v) is 10.5. The molecule has 0 amide bonds. The zero-order chi connectivity index (χ0) is 18.6. The molecule has 2 aliphatic rings. The monoisotopic (exact) mass is 496 g/mol. The number of methoxy groups -OCH3 is 1. The number of nitrogens with zero attached hydrogens (tertiary/aromatic N) is 3. The second-order valence-electron chi connectivity index (χ2n) is 7.78. The summed E-state index contributed by atoms with van der Waals surface area (Å²) in [5.74, 6) is 2.59. The summed E-state index contributed by atoms with van der Waals surface area (Å²) in [6, 6.07) is 0. The Kier molecular flexibility index (Phi) is 13.7. The van der Waals surface area contributed by atoms with Gasteiger partial charge >= 0.3 is 0 Å². The van der Waals surface area contributed by atoms with Crippen LogP contribution in [0.15, 0.2) is 4.99 Å². The maximum atomic E-state index is 5.70. The van der Waals surface area contributed by atoms with Crippen LogP contribution in [-0.4, -0.2) is 88.5 Å². The molecule has 0 aromatic heterocycles. The van der Waals surface area contributed by atoms with Gasteiger partial charge in [-0.05, 0) is 58.2 Å². The van der Waals surface area contributed by atoms with Crippen LogP contribution in [0.3, 0.4) is 0 Å². The zero-order valence-corrected chi connectivity index (χ0v) is 20.0. The van der Waals surface area contributed by atoms with E-state index in [4.69, 9.17) is 14.5 Å². The number of guanidine groups is 1. The first-order chi connectivity index (χ1) is 12.7. The third kappa shape index (κ3) is 9.76. The van der Waals surface area contributed by atoms with Gasteiger partial charge in [0.1, 0.15) is 0 Å². The van der Waals surface area contributed by atoms with E-state index in [1.807, 2.05) is 0 Å². The van der Waals surface area contributed by atoms with Gasteiger partial charge in [0.05, 0.1) is 19.8 Å². The van der Waals surface area contributed by atoms with Gasteiger partial charge in [-0.15, -0.1) is 24.0 Å². The molecule has 0 saturated carbocycles. The van der Waals surface area contributed by atoms with Gasteiger partial charge in [0.15, 0.2) is 5.96 Å². The average molecular weight is 496 g/mol. The number of nitrogens with one attached hydrogen (secondary N) is 1. The van der Waals surface area contributed by atoms with Gasteiger partial charge in [-0.2, -0.15) is 0 Å². The van der Waals surface area contributed by atoms with Crippen LogP contribution in [0.5, 0.6) is 0 Å². The Morgan fingerprint density at radius 2 is 1.93 bits per heavy atom. The molecule has 7 heteroatoms. The Morgan fingerprint density at radius 3 is 2.63 bits per heavy atom. The molecule has 2 rings (SSSR count). The van der Waals surface area contributed by atoms with Crippen molar-refractivity contribution in [3.63, 3.8) is 0 Å². The maximum Gasteiger partial charge on any atom is 0.193 e. The highest BCUT2D eigenvalue weighted by atomic mass is 127. The molecule has 1 atom stereocenters. The molecule has 2 heterocycles. The molecule has 1 unspecified atom stereocenters. The third-order valence-corrected chi connectivity index (χ3v) is 5.48. The zero-order valence-electron chi connectivity index (χ0n) is 17.6. The van der Waals surface area contributed by atoms with Crippen molar-refractivity contribution in [3.05, 3.63) is 0 Å². The van der Waals surface area contributed by atoms with Gasteiger partial charge in [-0.25, -0.2) is 0 Å². The first-order valence-electron chi connectivity index (χ1n) is 10.5. The second-order valence-corrected chi connectivity index (χ2v) is 7.78. The normalized spacial score (nSPS) is 22.1. The van der Waals surface area contributed by atoms with Crippen LogP contribution in [0.2, 0.25) is 0 Å². The number of halogens is 1. The van der Waals surface area contributed by atoms with E-state index in [9.17, 15) is 0 Å². The minimum absolute atomic E-state index is 0. The predicted octanol–water partition coefficient (Wildman–Crippen LogP) is 2.68. The van der Waals surface area contributed by atoms with Crippen LogP contribution in [0.4, 0.5) is 0 Å². The van der Waals surface area contributed by atoms with Crippen LogP contribution < -0.4 is 5.32 Å². The molecule has 0 aromatic carbocycles. The third-order valence-electron chi connectivity index (χ3n) is 5.48. The highest BCUT2D eigenvalue weighted by molar-refractivity contribution is 14.0. The van der Waals surface area contributed by atoms with Crippen molar-refractivity contribution in [1.82, 2.24) is 15.1 Å². The molecule has 27 heavy (non-hydrogen) atoms. The summed E-state index contributed by atoms with van der Waals surface area (Å²) < 4.78 is 10.7. The molecule has 2 saturated heterocycles. The standard InChI is InChI=1S/C20H40N4O2.HI/c1-4-21-20(22-9-5-10-23-11-6-18(2)7-12-23)24-13-8-19(16-24)17-26-15-14-25-3;/h18-19H,4-17H2,1-3H3,(H,21,22);1H. The van der Waals surface area contributed by atoms with E-state index in [2.05, 4.69) is 29.0 Å². The van der Waals surface area contributed by atoms with Crippen molar-refractivity contribution < 1.29 is 9.47 Å². The van der Waals surface area contributed by atoms with Crippen molar-refractivity contribution in [1.29, 1.82) is 0 Å². The summed E-state index contributed by atoms with van der Waals surface area (Å²) in [6.45, 7) is 14.4. The van der Waals surface area contributed by atoms with Gasteiger partial charge in [-0.3, -0.25) is 4.99 Å². The van der Waals surface area contributed by atoms with Crippen LogP contribution in [-0.2, 0) is 9.47 Å². The smallest absolute Gasteiger partial charge is 0.193 e. The Morgan fingerprint density at radius 1 is 1.15 bits per heavy atom. The fourth-order valence-electron chi connectivity index (χ4n) is 3.74. The lowest BCUT2D eigenvalue weighted by Crippen LogP contribution is -2.40. The number of hydrogen-bond donors (Lipinski definition) is 1. The molecule has 0 bridgehead atoms. The highest BCUT2D eigenvalue weighted by Gasteiger charge is 2.25. The molecule has 6 nitrogen and oxygen atoms in total. The number of piperidine rings is 1. The van der Waals surface area contributed by atoms with Gasteiger partial charge in [-0.1, -0.05) is 6.92 Å². The van der Waals surface area contributed by atoms with E-state index < -0.39 is 0 Å². The SMILES string of the molecule is CCNC(=NCCCN1CCC(C)CC1)N1CCC(COCCOC)C1.I. The lowest BCUT2D eigenvalue weighted by atomic mass is 9.99. The Bertz CT molecular complexity index is 403. The summed E-state index contributed by atoms with van der Waals surface area (Å²) in [5.41, 5.74) is 0. The molecule has 0 spiro atoms. The van der Waals surface area contributed by atoms with Crippen LogP contribution in [0.1, 0.15) is 39.5 Å². The Hall–Kier alpha value is -0.120. The topological polar surface area (TPSA) is 49.3 Å². The summed E-state index contributed by atoms with van der Waals surface area (Å²) in [6.07, 6.45) is 5.05. The van der Waals surface area contributed by atoms with E-state index in [1.54, 1.807) is 7.11 Å². The molecule has 1 N–H and O–H groups in total. The fraction of sp³-hybridized carbons (Fsp3) is 0.950. The van der Waals surface area contributed by atoms with E-state index in [1.165, 1.54) is 38.9 Å². The fourth-order valence-corrected chi connectivity index (χ4v) is 3.74. The highest BCUT2D eigenvalue weighted by Crippen LogP contribution is 2.17. The van der Waals surface area contributed by atoms with Crippen LogP contribution in [0.25, 0.3) is 0 Å². The summed E-state index contributed by atoms with van der Waals surface area (Å²) in [4.78, 5) is 9.89. The van der Waals surface area contributed by atoms with Gasteiger partial charge in [0.2, 0.25) is 0 Å². The lowest BCUT2D eigenvalue weighted by Gasteiger charge is -2.30. The summed E-state index contributed by atoms with van der Waals surface area (Å²) in [5, 5.41) is 3.47. The van der Waals surface area contributed by atoms with E-state index in [0.717, 1.165) is 51.1 Å². The Labute approximate surface area is 183 Å².